The lowest BCUT2D eigenvalue weighted by Crippen LogP contribution is -2.13. The number of aromatic nitrogens is 1. The molecule has 30 heavy (non-hydrogen) atoms. The summed E-state index contributed by atoms with van der Waals surface area (Å²) in [6, 6.07) is 22.0. The number of nitrogens with zero attached hydrogens (tertiary/aromatic N) is 1. The molecule has 0 spiro atoms. The van der Waals surface area contributed by atoms with Gasteiger partial charge in [0.05, 0.1) is 39.1 Å². The van der Waals surface area contributed by atoms with E-state index in [0.717, 1.165) is 22.2 Å². The van der Waals surface area contributed by atoms with Crippen LogP contribution in [0.3, 0.4) is 0 Å². The number of hydrogen-bond acceptors (Lipinski definition) is 3. The minimum absolute atomic E-state index is 0.309. The maximum absolute atomic E-state index is 13.2. The van der Waals surface area contributed by atoms with Crippen molar-refractivity contribution in [3.05, 3.63) is 88.4 Å². The van der Waals surface area contributed by atoms with Gasteiger partial charge in [0.15, 0.2) is 0 Å². The molecule has 0 atom stereocenters. The van der Waals surface area contributed by atoms with Crippen molar-refractivity contribution < 1.29 is 9.53 Å². The molecule has 4 nitrogen and oxygen atoms in total. The van der Waals surface area contributed by atoms with E-state index >= 15 is 0 Å². The fourth-order valence-electron chi connectivity index (χ4n) is 3.20. The molecule has 4 aromatic rings. The van der Waals surface area contributed by atoms with Crippen molar-refractivity contribution >= 4 is 45.7 Å². The first-order valence-electron chi connectivity index (χ1n) is 9.45. The van der Waals surface area contributed by atoms with Crippen LogP contribution in [0.2, 0.25) is 10.0 Å². The Balaban J connectivity index is 1.78. The summed E-state index contributed by atoms with van der Waals surface area (Å²) in [6.45, 7) is 2.54. The number of anilines is 1. The molecule has 1 aromatic heterocycles. The Hall–Kier alpha value is -3.08. The molecule has 4 rings (SSSR count). The summed E-state index contributed by atoms with van der Waals surface area (Å²) >= 11 is 12.4. The van der Waals surface area contributed by atoms with Crippen molar-refractivity contribution in [1.29, 1.82) is 0 Å². The molecule has 150 valence electrons. The highest BCUT2D eigenvalue weighted by atomic mass is 35.5. The Morgan fingerprint density at radius 1 is 0.967 bits per heavy atom. The van der Waals surface area contributed by atoms with Crippen LogP contribution in [0, 0.1) is 0 Å². The van der Waals surface area contributed by atoms with E-state index in [4.69, 9.17) is 32.9 Å². The Kier molecular flexibility index (Phi) is 5.88. The van der Waals surface area contributed by atoms with Crippen molar-refractivity contribution in [2.45, 2.75) is 6.92 Å². The molecule has 1 N–H and O–H groups in total. The van der Waals surface area contributed by atoms with E-state index in [9.17, 15) is 4.79 Å². The first kappa shape index (κ1) is 20.2. The summed E-state index contributed by atoms with van der Waals surface area (Å²) in [5, 5.41) is 4.34. The van der Waals surface area contributed by atoms with Gasteiger partial charge in [-0.1, -0.05) is 47.5 Å². The molecule has 0 aliphatic carbocycles. The number of pyridine rings is 1. The van der Waals surface area contributed by atoms with E-state index in [1.807, 2.05) is 55.5 Å². The van der Waals surface area contributed by atoms with E-state index in [2.05, 4.69) is 5.32 Å². The number of ether oxygens (including phenoxy) is 1. The summed E-state index contributed by atoms with van der Waals surface area (Å²) < 4.78 is 5.51. The molecule has 0 aliphatic heterocycles. The van der Waals surface area contributed by atoms with Crippen LogP contribution in [0.4, 0.5) is 5.69 Å². The van der Waals surface area contributed by atoms with E-state index in [0.29, 0.717) is 33.6 Å². The van der Waals surface area contributed by atoms with E-state index in [1.165, 1.54) is 0 Å². The summed E-state index contributed by atoms with van der Waals surface area (Å²) in [7, 11) is 0. The number of para-hydroxylation sites is 2. The molecule has 6 heteroatoms. The fraction of sp³-hybridized carbons (Fsp3) is 0.0833. The third-order valence-corrected chi connectivity index (χ3v) is 5.25. The highest BCUT2D eigenvalue weighted by Gasteiger charge is 2.16. The minimum Gasteiger partial charge on any atom is -0.494 e. The molecule has 0 radical (unpaired) electrons. The van der Waals surface area contributed by atoms with Gasteiger partial charge in [-0.15, -0.1) is 0 Å². The molecule has 0 fully saturated rings. The first-order chi connectivity index (χ1) is 14.6. The van der Waals surface area contributed by atoms with Crippen LogP contribution < -0.4 is 10.1 Å². The molecule has 0 aliphatic rings. The van der Waals surface area contributed by atoms with Crippen LogP contribution in [0.1, 0.15) is 17.3 Å². The highest BCUT2D eigenvalue weighted by Crippen LogP contribution is 2.32. The number of carbonyl (C=O) groups excluding carboxylic acids is 1. The van der Waals surface area contributed by atoms with E-state index in [-0.39, 0.29) is 5.91 Å². The molecular formula is C24H18Cl2N2O2. The number of fused-ring (bicyclic) bond motifs is 1. The molecule has 0 saturated heterocycles. The molecule has 0 bridgehead atoms. The summed E-state index contributed by atoms with van der Waals surface area (Å²) in [6.07, 6.45) is 0. The van der Waals surface area contributed by atoms with Crippen LogP contribution >= 0.6 is 23.2 Å². The molecule has 0 saturated carbocycles. The van der Waals surface area contributed by atoms with Gasteiger partial charge in [0.25, 0.3) is 5.91 Å². The first-order valence-corrected chi connectivity index (χ1v) is 10.2. The predicted molar refractivity (Wildman–Crippen MR) is 123 cm³/mol. The van der Waals surface area contributed by atoms with E-state index < -0.39 is 0 Å². The van der Waals surface area contributed by atoms with Gasteiger partial charge in [-0.05, 0) is 55.5 Å². The number of hydrogen-bond donors (Lipinski definition) is 1. The quantitative estimate of drug-likeness (QED) is 0.371. The standard InChI is InChI=1S/C24H18Cl2N2O2/c1-2-30-16-12-10-15(11-13-16)22-14-18(17-6-3-4-9-21(17)27-22)24(29)28-23-19(25)7-5-8-20(23)26/h3-14H,2H2,1H3,(H,28,29). The third-order valence-electron chi connectivity index (χ3n) is 4.62. The zero-order chi connectivity index (χ0) is 21.1. The van der Waals surface area contributed by atoms with Crippen LogP contribution in [-0.2, 0) is 0 Å². The zero-order valence-electron chi connectivity index (χ0n) is 16.2. The second kappa shape index (κ2) is 8.74. The van der Waals surface area contributed by atoms with Crippen molar-refractivity contribution in [1.82, 2.24) is 4.98 Å². The van der Waals surface area contributed by atoms with Crippen molar-refractivity contribution in [2.75, 3.05) is 11.9 Å². The second-order valence-corrected chi connectivity index (χ2v) is 7.39. The van der Waals surface area contributed by atoms with Gasteiger partial charge < -0.3 is 10.1 Å². The predicted octanol–water partition coefficient (Wildman–Crippen LogP) is 6.86. The summed E-state index contributed by atoms with van der Waals surface area (Å²) in [5.41, 5.74) is 3.16. The van der Waals surface area contributed by atoms with Gasteiger partial charge in [0.2, 0.25) is 0 Å². The van der Waals surface area contributed by atoms with Crippen LogP contribution in [0.5, 0.6) is 5.75 Å². The normalized spacial score (nSPS) is 10.8. The van der Waals surface area contributed by atoms with Crippen molar-refractivity contribution in [3.8, 4) is 17.0 Å². The average molecular weight is 437 g/mol. The van der Waals surface area contributed by atoms with Crippen LogP contribution in [0.15, 0.2) is 72.8 Å². The summed E-state index contributed by atoms with van der Waals surface area (Å²) in [4.78, 5) is 17.9. The lowest BCUT2D eigenvalue weighted by molar-refractivity contribution is 0.102. The Bertz CT molecular complexity index is 1200. The van der Waals surface area contributed by atoms with Crippen molar-refractivity contribution in [3.63, 3.8) is 0 Å². The lowest BCUT2D eigenvalue weighted by atomic mass is 10.0. The van der Waals surface area contributed by atoms with Gasteiger partial charge in [0.1, 0.15) is 5.75 Å². The number of benzene rings is 3. The minimum atomic E-state index is -0.309. The maximum atomic E-state index is 13.2. The number of rotatable bonds is 5. The van der Waals surface area contributed by atoms with E-state index in [1.54, 1.807) is 24.3 Å². The van der Waals surface area contributed by atoms with Gasteiger partial charge in [-0.3, -0.25) is 4.79 Å². The average Bonchev–Trinajstić information content (AvgIpc) is 2.76. The smallest absolute Gasteiger partial charge is 0.256 e. The Morgan fingerprint density at radius 3 is 2.37 bits per heavy atom. The SMILES string of the molecule is CCOc1ccc(-c2cc(C(=O)Nc3c(Cl)cccc3Cl)c3ccccc3n2)cc1. The van der Waals surface area contributed by atoms with Gasteiger partial charge in [0, 0.05) is 10.9 Å². The Morgan fingerprint density at radius 2 is 1.67 bits per heavy atom. The molecule has 1 heterocycles. The van der Waals surface area contributed by atoms with Crippen molar-refractivity contribution in [2.24, 2.45) is 0 Å². The third kappa shape index (κ3) is 4.11. The monoisotopic (exact) mass is 436 g/mol. The Labute approximate surface area is 184 Å². The number of halogens is 2. The molecular weight excluding hydrogens is 419 g/mol. The highest BCUT2D eigenvalue weighted by molar-refractivity contribution is 6.40. The largest absolute Gasteiger partial charge is 0.494 e. The molecule has 3 aromatic carbocycles. The fourth-order valence-corrected chi connectivity index (χ4v) is 3.69. The van der Waals surface area contributed by atoms with Gasteiger partial charge in [-0.2, -0.15) is 0 Å². The van der Waals surface area contributed by atoms with Gasteiger partial charge in [-0.25, -0.2) is 4.98 Å². The van der Waals surface area contributed by atoms with Crippen LogP contribution in [-0.4, -0.2) is 17.5 Å². The zero-order valence-corrected chi connectivity index (χ0v) is 17.7. The molecule has 0 unspecified atom stereocenters. The van der Waals surface area contributed by atoms with Gasteiger partial charge >= 0.3 is 0 Å². The number of nitrogens with one attached hydrogen (secondary N) is 1. The molecule has 1 amide bonds. The summed E-state index contributed by atoms with van der Waals surface area (Å²) in [5.74, 6) is 0.476. The number of carbonyl (C=O) groups is 1. The van der Waals surface area contributed by atoms with Crippen LogP contribution in [0.25, 0.3) is 22.2 Å². The maximum Gasteiger partial charge on any atom is 0.256 e. The second-order valence-electron chi connectivity index (χ2n) is 6.58. The topological polar surface area (TPSA) is 51.2 Å². The number of amides is 1. The lowest BCUT2D eigenvalue weighted by Gasteiger charge is -2.13.